The smallest absolute Gasteiger partial charge is 0.136 e. The molecule has 0 saturated carbocycles. The van der Waals surface area contributed by atoms with Gasteiger partial charge in [-0.3, -0.25) is 0 Å². The molecule has 0 aliphatic carbocycles. The Morgan fingerprint density at radius 1 is 1.00 bits per heavy atom. The van der Waals surface area contributed by atoms with Crippen molar-refractivity contribution in [2.24, 2.45) is 0 Å². The first-order chi connectivity index (χ1) is 7.73. The highest BCUT2D eigenvalue weighted by Crippen LogP contribution is 2.22. The van der Waals surface area contributed by atoms with Crippen molar-refractivity contribution in [1.29, 1.82) is 0 Å². The van der Waals surface area contributed by atoms with E-state index in [9.17, 15) is 5.11 Å². The molecule has 1 N–H and O–H groups in total. The number of rotatable bonds is 7. The molecule has 0 spiro atoms. The fraction of sp³-hybridized carbons (Fsp3) is 0.538. The second-order valence-electron chi connectivity index (χ2n) is 3.67. The fourth-order valence-electron chi connectivity index (χ4n) is 1.50. The third-order valence-corrected chi connectivity index (χ3v) is 2.40. The average molecular weight is 224 g/mol. The van der Waals surface area contributed by atoms with Gasteiger partial charge in [0.05, 0.1) is 13.2 Å². The maximum atomic E-state index is 10.5. The molecule has 1 rings (SSSR count). The highest BCUT2D eigenvalue weighted by atomic mass is 16.5. The van der Waals surface area contributed by atoms with Crippen molar-refractivity contribution >= 4 is 0 Å². The van der Waals surface area contributed by atoms with Crippen molar-refractivity contribution in [3.8, 4) is 0 Å². The zero-order valence-corrected chi connectivity index (χ0v) is 9.98. The summed E-state index contributed by atoms with van der Waals surface area (Å²) in [6, 6.07) is 9.50. The van der Waals surface area contributed by atoms with E-state index in [1.165, 1.54) is 0 Å². The largest absolute Gasteiger partial charge is 0.380 e. The Morgan fingerprint density at radius 3 is 1.94 bits per heavy atom. The molecule has 0 aliphatic rings. The normalized spacial score (nSPS) is 11.7. The Hall–Kier alpha value is -0.900. The molecular formula is C13H20O3. The molecule has 0 radical (unpaired) electrons. The third kappa shape index (κ3) is 3.59. The summed E-state index contributed by atoms with van der Waals surface area (Å²) in [5.74, 6) is 0. The zero-order chi connectivity index (χ0) is 11.9. The van der Waals surface area contributed by atoms with Crippen LogP contribution in [-0.2, 0) is 15.1 Å². The van der Waals surface area contributed by atoms with Gasteiger partial charge in [-0.15, -0.1) is 0 Å². The first-order valence-electron chi connectivity index (χ1n) is 5.66. The molecule has 0 bridgehead atoms. The molecule has 3 heteroatoms. The standard InChI is InChI=1S/C13H20O3/c1-3-15-10-13(14,11-16-4-2)12-8-6-5-7-9-12/h5-9,14H,3-4,10-11H2,1-2H3. The second kappa shape index (κ2) is 6.63. The van der Waals surface area contributed by atoms with E-state index in [1.54, 1.807) is 0 Å². The molecule has 1 aromatic rings. The minimum absolute atomic E-state index is 0.257. The molecule has 0 atom stereocenters. The number of hydrogen-bond donors (Lipinski definition) is 1. The molecule has 16 heavy (non-hydrogen) atoms. The summed E-state index contributed by atoms with van der Waals surface area (Å²) in [5, 5.41) is 10.5. The van der Waals surface area contributed by atoms with Crippen LogP contribution in [0.3, 0.4) is 0 Å². The van der Waals surface area contributed by atoms with E-state index in [4.69, 9.17) is 9.47 Å². The SMILES string of the molecule is CCOCC(O)(COCC)c1ccccc1. The van der Waals surface area contributed by atoms with Gasteiger partial charge in [0.25, 0.3) is 0 Å². The van der Waals surface area contributed by atoms with Crippen LogP contribution in [0.25, 0.3) is 0 Å². The van der Waals surface area contributed by atoms with Gasteiger partial charge in [0, 0.05) is 13.2 Å². The Labute approximate surface area is 97.0 Å². The van der Waals surface area contributed by atoms with Gasteiger partial charge in [-0.2, -0.15) is 0 Å². The number of benzene rings is 1. The second-order valence-corrected chi connectivity index (χ2v) is 3.67. The van der Waals surface area contributed by atoms with Gasteiger partial charge >= 0.3 is 0 Å². The summed E-state index contributed by atoms with van der Waals surface area (Å²) in [6.07, 6.45) is 0. The lowest BCUT2D eigenvalue weighted by Gasteiger charge is -2.28. The Morgan fingerprint density at radius 2 is 1.50 bits per heavy atom. The predicted octanol–water partition coefficient (Wildman–Crippen LogP) is 1.95. The maximum Gasteiger partial charge on any atom is 0.136 e. The first kappa shape index (κ1) is 13.2. The van der Waals surface area contributed by atoms with Crippen molar-refractivity contribution in [3.05, 3.63) is 35.9 Å². The monoisotopic (exact) mass is 224 g/mol. The number of ether oxygens (including phenoxy) is 2. The molecule has 0 heterocycles. The molecule has 0 saturated heterocycles. The minimum Gasteiger partial charge on any atom is -0.380 e. The molecule has 0 amide bonds. The summed E-state index contributed by atoms with van der Waals surface area (Å²) in [6.45, 7) is 5.50. The Kier molecular flexibility index (Phi) is 5.46. The van der Waals surface area contributed by atoms with Crippen molar-refractivity contribution in [2.45, 2.75) is 19.4 Å². The van der Waals surface area contributed by atoms with Crippen molar-refractivity contribution in [1.82, 2.24) is 0 Å². The number of aliphatic hydroxyl groups is 1. The van der Waals surface area contributed by atoms with Crippen LogP contribution in [0.5, 0.6) is 0 Å². The summed E-state index contributed by atoms with van der Waals surface area (Å²) in [5.41, 5.74) is -0.218. The molecule has 90 valence electrons. The average Bonchev–Trinajstić information content (AvgIpc) is 2.35. The molecule has 0 aliphatic heterocycles. The van der Waals surface area contributed by atoms with Gasteiger partial charge in [-0.05, 0) is 19.4 Å². The van der Waals surface area contributed by atoms with E-state index in [-0.39, 0.29) is 13.2 Å². The van der Waals surface area contributed by atoms with E-state index in [1.807, 2.05) is 44.2 Å². The van der Waals surface area contributed by atoms with E-state index in [2.05, 4.69) is 0 Å². The first-order valence-corrected chi connectivity index (χ1v) is 5.66. The maximum absolute atomic E-state index is 10.5. The van der Waals surface area contributed by atoms with Crippen molar-refractivity contribution in [2.75, 3.05) is 26.4 Å². The van der Waals surface area contributed by atoms with Crippen LogP contribution in [0.15, 0.2) is 30.3 Å². The van der Waals surface area contributed by atoms with Crippen LogP contribution < -0.4 is 0 Å². The van der Waals surface area contributed by atoms with Crippen LogP contribution >= 0.6 is 0 Å². The van der Waals surface area contributed by atoms with Crippen LogP contribution in [0.2, 0.25) is 0 Å². The van der Waals surface area contributed by atoms with E-state index < -0.39 is 5.60 Å². The Balaban J connectivity index is 2.77. The summed E-state index contributed by atoms with van der Waals surface area (Å²) < 4.78 is 10.6. The lowest BCUT2D eigenvalue weighted by Crippen LogP contribution is -2.37. The number of hydrogen-bond acceptors (Lipinski definition) is 3. The van der Waals surface area contributed by atoms with E-state index in [0.29, 0.717) is 13.2 Å². The van der Waals surface area contributed by atoms with Gasteiger partial charge in [-0.25, -0.2) is 0 Å². The quantitative estimate of drug-likeness (QED) is 0.769. The predicted molar refractivity (Wildman–Crippen MR) is 63.3 cm³/mol. The lowest BCUT2D eigenvalue weighted by atomic mass is 9.96. The molecule has 1 aromatic carbocycles. The van der Waals surface area contributed by atoms with Gasteiger partial charge in [-0.1, -0.05) is 30.3 Å². The van der Waals surface area contributed by atoms with Gasteiger partial charge in [0.2, 0.25) is 0 Å². The van der Waals surface area contributed by atoms with Crippen LogP contribution in [0.4, 0.5) is 0 Å². The van der Waals surface area contributed by atoms with Crippen LogP contribution in [0.1, 0.15) is 19.4 Å². The summed E-state index contributed by atoms with van der Waals surface area (Å²) in [4.78, 5) is 0. The van der Waals surface area contributed by atoms with Gasteiger partial charge < -0.3 is 14.6 Å². The Bertz CT molecular complexity index is 276. The third-order valence-electron chi connectivity index (χ3n) is 2.40. The molecule has 0 fully saturated rings. The molecular weight excluding hydrogens is 204 g/mol. The van der Waals surface area contributed by atoms with E-state index in [0.717, 1.165) is 5.56 Å². The highest BCUT2D eigenvalue weighted by molar-refractivity contribution is 5.22. The highest BCUT2D eigenvalue weighted by Gasteiger charge is 2.29. The topological polar surface area (TPSA) is 38.7 Å². The molecule has 3 nitrogen and oxygen atoms in total. The fourth-order valence-corrected chi connectivity index (χ4v) is 1.50. The van der Waals surface area contributed by atoms with Crippen LogP contribution in [-0.4, -0.2) is 31.5 Å². The van der Waals surface area contributed by atoms with Crippen molar-refractivity contribution in [3.63, 3.8) is 0 Å². The summed E-state index contributed by atoms with van der Waals surface area (Å²) >= 11 is 0. The lowest BCUT2D eigenvalue weighted by molar-refractivity contribution is -0.0975. The molecule has 0 unspecified atom stereocenters. The molecule has 0 aromatic heterocycles. The summed E-state index contributed by atoms with van der Waals surface area (Å²) in [7, 11) is 0. The van der Waals surface area contributed by atoms with Crippen LogP contribution in [0, 0.1) is 0 Å². The zero-order valence-electron chi connectivity index (χ0n) is 9.98. The van der Waals surface area contributed by atoms with Gasteiger partial charge in [0.15, 0.2) is 0 Å². The van der Waals surface area contributed by atoms with Gasteiger partial charge in [0.1, 0.15) is 5.60 Å². The minimum atomic E-state index is -1.05. The van der Waals surface area contributed by atoms with Crippen molar-refractivity contribution < 1.29 is 14.6 Å². The van der Waals surface area contributed by atoms with E-state index >= 15 is 0 Å².